The van der Waals surface area contributed by atoms with E-state index in [1.165, 1.54) is 0 Å². The van der Waals surface area contributed by atoms with E-state index < -0.39 is 0 Å². The number of benzene rings is 1. The molecule has 0 aliphatic rings. The summed E-state index contributed by atoms with van der Waals surface area (Å²) in [5.41, 5.74) is 1.43. The third-order valence-electron chi connectivity index (χ3n) is 2.18. The number of carbonyl (C=O) groups is 2. The van der Waals surface area contributed by atoms with Crippen LogP contribution in [0.25, 0.3) is 0 Å². The highest BCUT2D eigenvalue weighted by atomic mass is 16.1. The van der Waals surface area contributed by atoms with Crippen molar-refractivity contribution in [3.05, 3.63) is 59.9 Å². The molecule has 2 rings (SSSR count). The van der Waals surface area contributed by atoms with E-state index in [1.54, 1.807) is 48.7 Å². The first-order valence-electron chi connectivity index (χ1n) is 5.07. The largest absolute Gasteiger partial charge is 0.321 e. The van der Waals surface area contributed by atoms with E-state index in [-0.39, 0.29) is 5.91 Å². The minimum Gasteiger partial charge on any atom is -0.321 e. The minimum absolute atomic E-state index is 0.298. The Morgan fingerprint density at radius 2 is 2.06 bits per heavy atom. The molecule has 0 saturated carbocycles. The molecule has 1 aromatic heterocycles. The van der Waals surface area contributed by atoms with Crippen molar-refractivity contribution in [1.29, 1.82) is 0 Å². The zero-order valence-corrected chi connectivity index (χ0v) is 8.96. The highest BCUT2D eigenvalue weighted by Gasteiger charge is 2.06. The molecule has 0 spiro atoms. The quantitative estimate of drug-likeness (QED) is 0.816. The van der Waals surface area contributed by atoms with Crippen LogP contribution < -0.4 is 5.32 Å². The van der Waals surface area contributed by atoms with Gasteiger partial charge in [0.25, 0.3) is 5.91 Å². The molecular formula is C13H10N2O2. The molecule has 0 unspecified atom stereocenters. The van der Waals surface area contributed by atoms with Crippen LogP contribution in [-0.4, -0.2) is 17.2 Å². The summed E-state index contributed by atoms with van der Waals surface area (Å²) in [6, 6.07) is 11.8. The van der Waals surface area contributed by atoms with Crippen LogP contribution in [0.15, 0.2) is 48.7 Å². The van der Waals surface area contributed by atoms with Crippen LogP contribution in [0.3, 0.4) is 0 Å². The van der Waals surface area contributed by atoms with Gasteiger partial charge in [-0.1, -0.05) is 18.2 Å². The fourth-order valence-electron chi connectivity index (χ4n) is 1.38. The Labute approximate surface area is 98.3 Å². The molecule has 84 valence electrons. The van der Waals surface area contributed by atoms with E-state index in [1.807, 2.05) is 0 Å². The molecule has 0 aliphatic carbocycles. The highest BCUT2D eigenvalue weighted by Crippen LogP contribution is 2.10. The molecule has 1 N–H and O–H groups in total. The summed E-state index contributed by atoms with van der Waals surface area (Å²) in [7, 11) is 0. The van der Waals surface area contributed by atoms with Crippen molar-refractivity contribution in [1.82, 2.24) is 4.98 Å². The van der Waals surface area contributed by atoms with Crippen LogP contribution >= 0.6 is 0 Å². The first-order chi connectivity index (χ1) is 8.29. The van der Waals surface area contributed by atoms with Crippen molar-refractivity contribution in [2.75, 3.05) is 5.32 Å². The molecule has 0 saturated heterocycles. The average Bonchev–Trinajstić information content (AvgIpc) is 2.40. The molecule has 1 amide bonds. The van der Waals surface area contributed by atoms with Crippen molar-refractivity contribution in [2.45, 2.75) is 0 Å². The Hall–Kier alpha value is -2.49. The Balaban J connectivity index is 2.16. The zero-order chi connectivity index (χ0) is 12.1. The number of nitrogens with one attached hydrogen (secondary N) is 1. The van der Waals surface area contributed by atoms with Gasteiger partial charge < -0.3 is 5.32 Å². The van der Waals surface area contributed by atoms with Gasteiger partial charge in [-0.2, -0.15) is 0 Å². The average molecular weight is 226 g/mol. The molecule has 4 nitrogen and oxygen atoms in total. The van der Waals surface area contributed by atoms with Crippen molar-refractivity contribution in [2.24, 2.45) is 0 Å². The number of amides is 1. The summed E-state index contributed by atoms with van der Waals surface area (Å²) >= 11 is 0. The second-order valence-corrected chi connectivity index (χ2v) is 3.41. The van der Waals surface area contributed by atoms with E-state index in [9.17, 15) is 9.59 Å². The topological polar surface area (TPSA) is 59.1 Å². The second kappa shape index (κ2) is 5.03. The maximum absolute atomic E-state index is 11.8. The maximum atomic E-state index is 11.8. The lowest BCUT2D eigenvalue weighted by atomic mass is 10.2. The summed E-state index contributed by atoms with van der Waals surface area (Å²) in [4.78, 5) is 26.3. The Kier molecular flexibility index (Phi) is 3.25. The molecule has 4 heteroatoms. The van der Waals surface area contributed by atoms with Crippen molar-refractivity contribution < 1.29 is 9.59 Å². The first kappa shape index (κ1) is 11.0. The van der Waals surface area contributed by atoms with Gasteiger partial charge in [0.15, 0.2) is 0 Å². The summed E-state index contributed by atoms with van der Waals surface area (Å²) in [6.45, 7) is 0. The molecular weight excluding hydrogens is 216 g/mol. The molecule has 0 aliphatic heterocycles. The van der Waals surface area contributed by atoms with Crippen molar-refractivity contribution >= 4 is 17.9 Å². The van der Waals surface area contributed by atoms with Gasteiger partial charge in [-0.15, -0.1) is 0 Å². The Morgan fingerprint density at radius 1 is 1.18 bits per heavy atom. The standard InChI is InChI=1S/C13H10N2O2/c16-9-10-4-3-5-11(8-10)15-13(17)12-6-1-2-7-14-12/h1-9H,(H,15,17). The molecule has 0 radical (unpaired) electrons. The number of aldehydes is 1. The molecule has 0 fully saturated rings. The Bertz CT molecular complexity index is 538. The van der Waals surface area contributed by atoms with Crippen LogP contribution in [0, 0.1) is 0 Å². The number of carbonyl (C=O) groups excluding carboxylic acids is 2. The monoisotopic (exact) mass is 226 g/mol. The lowest BCUT2D eigenvalue weighted by molar-refractivity contribution is 0.102. The number of nitrogens with zero attached hydrogens (tertiary/aromatic N) is 1. The van der Waals surface area contributed by atoms with Crippen molar-refractivity contribution in [3.8, 4) is 0 Å². The van der Waals surface area contributed by atoms with Crippen LogP contribution in [0.2, 0.25) is 0 Å². The van der Waals surface area contributed by atoms with Gasteiger partial charge in [-0.3, -0.25) is 14.6 Å². The number of pyridine rings is 1. The van der Waals surface area contributed by atoms with Crippen LogP contribution in [0.5, 0.6) is 0 Å². The predicted octanol–water partition coefficient (Wildman–Crippen LogP) is 2.15. The van der Waals surface area contributed by atoms with Crippen LogP contribution in [0.1, 0.15) is 20.8 Å². The van der Waals surface area contributed by atoms with Crippen LogP contribution in [0.4, 0.5) is 5.69 Å². The normalized spacial score (nSPS) is 9.65. The summed E-state index contributed by atoms with van der Waals surface area (Å²) in [5, 5.41) is 2.67. The first-order valence-corrected chi connectivity index (χ1v) is 5.07. The summed E-state index contributed by atoms with van der Waals surface area (Å²) in [6.07, 6.45) is 2.28. The van der Waals surface area contributed by atoms with Gasteiger partial charge in [0.2, 0.25) is 0 Å². The van der Waals surface area contributed by atoms with Crippen molar-refractivity contribution in [3.63, 3.8) is 0 Å². The maximum Gasteiger partial charge on any atom is 0.274 e. The molecule has 0 atom stereocenters. The molecule has 1 aromatic carbocycles. The van der Waals surface area contributed by atoms with E-state index in [4.69, 9.17) is 0 Å². The van der Waals surface area contributed by atoms with Gasteiger partial charge in [0.05, 0.1) is 0 Å². The van der Waals surface area contributed by atoms with Gasteiger partial charge >= 0.3 is 0 Å². The highest BCUT2D eigenvalue weighted by molar-refractivity contribution is 6.03. The lowest BCUT2D eigenvalue weighted by Crippen LogP contribution is -2.13. The molecule has 17 heavy (non-hydrogen) atoms. The number of hydrogen-bond donors (Lipinski definition) is 1. The number of anilines is 1. The molecule has 1 heterocycles. The van der Waals surface area contributed by atoms with Gasteiger partial charge in [0, 0.05) is 17.4 Å². The van der Waals surface area contributed by atoms with Gasteiger partial charge in [-0.25, -0.2) is 0 Å². The summed E-state index contributed by atoms with van der Waals surface area (Å²) < 4.78 is 0. The number of aromatic nitrogens is 1. The summed E-state index contributed by atoms with van der Waals surface area (Å²) in [5.74, 6) is -0.298. The smallest absolute Gasteiger partial charge is 0.274 e. The SMILES string of the molecule is O=Cc1cccc(NC(=O)c2ccccn2)c1. The third-order valence-corrected chi connectivity index (χ3v) is 2.18. The van der Waals surface area contributed by atoms with E-state index >= 15 is 0 Å². The van der Waals surface area contributed by atoms with Gasteiger partial charge in [-0.05, 0) is 24.3 Å². The lowest BCUT2D eigenvalue weighted by Gasteiger charge is -2.04. The fourth-order valence-corrected chi connectivity index (χ4v) is 1.38. The van der Waals surface area contributed by atoms with E-state index in [2.05, 4.69) is 10.3 Å². The van der Waals surface area contributed by atoms with Crippen LogP contribution in [-0.2, 0) is 0 Å². The zero-order valence-electron chi connectivity index (χ0n) is 8.96. The molecule has 0 bridgehead atoms. The number of rotatable bonds is 3. The minimum atomic E-state index is -0.298. The molecule has 2 aromatic rings. The Morgan fingerprint density at radius 3 is 2.76 bits per heavy atom. The predicted molar refractivity (Wildman–Crippen MR) is 64.0 cm³/mol. The number of hydrogen-bond acceptors (Lipinski definition) is 3. The third kappa shape index (κ3) is 2.75. The van der Waals surface area contributed by atoms with Gasteiger partial charge in [0.1, 0.15) is 12.0 Å². The fraction of sp³-hybridized carbons (Fsp3) is 0. The van der Waals surface area contributed by atoms with E-state index in [0.29, 0.717) is 16.9 Å². The second-order valence-electron chi connectivity index (χ2n) is 3.41. The van der Waals surface area contributed by atoms with E-state index in [0.717, 1.165) is 6.29 Å².